The Morgan fingerprint density at radius 2 is 1.87 bits per heavy atom. The number of ether oxygens (including phenoxy) is 3. The van der Waals surface area contributed by atoms with E-state index in [9.17, 15) is 14.0 Å². The summed E-state index contributed by atoms with van der Waals surface area (Å²) >= 11 is 0. The van der Waals surface area contributed by atoms with Crippen molar-refractivity contribution in [1.82, 2.24) is 5.16 Å². The number of benzene rings is 2. The number of hydrogen-bond donors (Lipinski definition) is 1. The molecule has 0 unspecified atom stereocenters. The van der Waals surface area contributed by atoms with Crippen LogP contribution in [0.1, 0.15) is 21.8 Å². The smallest absolute Gasteiger partial charge is 0.338 e. The van der Waals surface area contributed by atoms with Crippen molar-refractivity contribution < 1.29 is 32.7 Å². The summed E-state index contributed by atoms with van der Waals surface area (Å²) in [6.07, 6.45) is 0. The van der Waals surface area contributed by atoms with E-state index in [2.05, 4.69) is 10.5 Å². The Hall–Kier alpha value is -3.88. The number of hydrogen-bond acceptors (Lipinski definition) is 7. The van der Waals surface area contributed by atoms with Crippen LogP contribution in [0.3, 0.4) is 0 Å². The maximum absolute atomic E-state index is 12.9. The fourth-order valence-corrected chi connectivity index (χ4v) is 2.50. The highest BCUT2D eigenvalue weighted by molar-refractivity contribution is 5.92. The summed E-state index contributed by atoms with van der Waals surface area (Å²) in [5, 5.41) is 6.33. The van der Waals surface area contributed by atoms with Crippen molar-refractivity contribution in [2.45, 2.75) is 13.5 Å². The zero-order valence-electron chi connectivity index (χ0n) is 16.3. The lowest BCUT2D eigenvalue weighted by molar-refractivity contribution is -0.118. The Labute approximate surface area is 171 Å². The van der Waals surface area contributed by atoms with E-state index >= 15 is 0 Å². The number of halogens is 1. The summed E-state index contributed by atoms with van der Waals surface area (Å²) in [7, 11) is 1.41. The number of methoxy groups -OCH3 is 1. The molecule has 0 radical (unpaired) electrons. The second kappa shape index (κ2) is 9.55. The van der Waals surface area contributed by atoms with Gasteiger partial charge in [-0.25, -0.2) is 9.18 Å². The van der Waals surface area contributed by atoms with Crippen molar-refractivity contribution in [3.8, 4) is 11.5 Å². The minimum absolute atomic E-state index is 0.0275. The van der Waals surface area contributed by atoms with Crippen LogP contribution in [-0.4, -0.2) is 30.7 Å². The molecule has 0 saturated carbocycles. The largest absolute Gasteiger partial charge is 0.493 e. The minimum Gasteiger partial charge on any atom is -0.493 e. The molecule has 0 fully saturated rings. The van der Waals surface area contributed by atoms with E-state index < -0.39 is 17.7 Å². The van der Waals surface area contributed by atoms with Gasteiger partial charge >= 0.3 is 5.97 Å². The molecule has 1 N–H and O–H groups in total. The van der Waals surface area contributed by atoms with Gasteiger partial charge in [-0.15, -0.1) is 0 Å². The zero-order chi connectivity index (χ0) is 21.5. The first-order valence-corrected chi connectivity index (χ1v) is 8.90. The number of aromatic nitrogens is 1. The molecule has 0 aliphatic carbocycles. The van der Waals surface area contributed by atoms with Crippen molar-refractivity contribution in [1.29, 1.82) is 0 Å². The number of carbonyl (C=O) groups excluding carboxylic acids is 2. The van der Waals surface area contributed by atoms with Crippen molar-refractivity contribution >= 4 is 17.6 Å². The molecule has 1 amide bonds. The van der Waals surface area contributed by atoms with Gasteiger partial charge in [0, 0.05) is 11.8 Å². The summed E-state index contributed by atoms with van der Waals surface area (Å²) in [5.41, 5.74) is 1.19. The van der Waals surface area contributed by atoms with Gasteiger partial charge in [0.2, 0.25) is 0 Å². The first-order valence-electron chi connectivity index (χ1n) is 8.90. The van der Waals surface area contributed by atoms with Gasteiger partial charge in [-0.1, -0.05) is 5.16 Å². The van der Waals surface area contributed by atoms with Crippen molar-refractivity contribution in [3.63, 3.8) is 0 Å². The van der Waals surface area contributed by atoms with Crippen LogP contribution in [0.25, 0.3) is 0 Å². The first kappa shape index (κ1) is 20.8. The van der Waals surface area contributed by atoms with E-state index in [4.69, 9.17) is 18.7 Å². The molecule has 3 rings (SSSR count). The summed E-state index contributed by atoms with van der Waals surface area (Å²) < 4.78 is 33.7. The third-order valence-electron chi connectivity index (χ3n) is 3.91. The third kappa shape index (κ3) is 5.57. The molecule has 1 aromatic heterocycles. The fraction of sp³-hybridized carbons (Fsp3) is 0.190. The predicted octanol–water partition coefficient (Wildman–Crippen LogP) is 3.51. The van der Waals surface area contributed by atoms with Crippen LogP contribution in [0.4, 0.5) is 10.1 Å². The maximum atomic E-state index is 12.9. The lowest BCUT2D eigenvalue weighted by Gasteiger charge is -2.12. The van der Waals surface area contributed by atoms with E-state index in [0.29, 0.717) is 17.1 Å². The molecule has 30 heavy (non-hydrogen) atoms. The third-order valence-corrected chi connectivity index (χ3v) is 3.91. The molecular weight excluding hydrogens is 395 g/mol. The van der Waals surface area contributed by atoms with Gasteiger partial charge in [-0.2, -0.15) is 0 Å². The predicted molar refractivity (Wildman–Crippen MR) is 104 cm³/mol. The highest BCUT2D eigenvalue weighted by atomic mass is 19.1. The number of rotatable bonds is 8. The molecule has 9 heteroatoms. The van der Waals surface area contributed by atoms with Crippen LogP contribution in [0.2, 0.25) is 0 Å². The number of aryl methyl sites for hydroxylation is 1. The maximum Gasteiger partial charge on any atom is 0.338 e. The number of nitrogens with zero attached hydrogens (tertiary/aromatic N) is 1. The molecule has 0 aliphatic heterocycles. The van der Waals surface area contributed by atoms with Crippen LogP contribution < -0.4 is 14.8 Å². The van der Waals surface area contributed by atoms with Crippen molar-refractivity contribution in [2.75, 3.05) is 19.0 Å². The molecule has 2 aromatic carbocycles. The zero-order valence-corrected chi connectivity index (χ0v) is 16.3. The van der Waals surface area contributed by atoms with E-state index in [-0.39, 0.29) is 30.3 Å². The molecule has 156 valence electrons. The highest BCUT2D eigenvalue weighted by Crippen LogP contribution is 2.28. The standard InChI is InChI=1S/C21H19FN2O6/c1-13-9-17(24-30-13)11-29-21(26)14-3-8-18(19(10-14)27-2)28-12-20(25)23-16-6-4-15(22)5-7-16/h3-10H,11-12H2,1-2H3,(H,23,25). The number of carbonyl (C=O) groups is 2. The minimum atomic E-state index is -0.574. The van der Waals surface area contributed by atoms with Crippen LogP contribution >= 0.6 is 0 Å². The molecule has 1 heterocycles. The number of amides is 1. The van der Waals surface area contributed by atoms with Crippen LogP contribution in [-0.2, 0) is 16.1 Å². The van der Waals surface area contributed by atoms with Gasteiger partial charge in [0.05, 0.1) is 12.7 Å². The van der Waals surface area contributed by atoms with Gasteiger partial charge < -0.3 is 24.1 Å². The Balaban J connectivity index is 1.57. The molecule has 8 nitrogen and oxygen atoms in total. The lowest BCUT2D eigenvalue weighted by atomic mass is 10.2. The molecule has 0 aliphatic rings. The molecule has 0 bridgehead atoms. The SMILES string of the molecule is COc1cc(C(=O)OCc2cc(C)on2)ccc1OCC(=O)Nc1ccc(F)cc1. The average Bonchev–Trinajstić information content (AvgIpc) is 3.17. The van der Waals surface area contributed by atoms with Gasteiger partial charge in [-0.3, -0.25) is 4.79 Å². The molecular formula is C21H19FN2O6. The highest BCUT2D eigenvalue weighted by Gasteiger charge is 2.14. The number of nitrogens with one attached hydrogen (secondary N) is 1. The Bertz CT molecular complexity index is 1030. The van der Waals surface area contributed by atoms with E-state index in [1.54, 1.807) is 13.0 Å². The van der Waals surface area contributed by atoms with Gasteiger partial charge in [0.25, 0.3) is 5.91 Å². The Morgan fingerprint density at radius 3 is 2.53 bits per heavy atom. The summed E-state index contributed by atoms with van der Waals surface area (Å²) in [4.78, 5) is 24.2. The first-order chi connectivity index (χ1) is 14.4. The number of anilines is 1. The average molecular weight is 414 g/mol. The van der Waals surface area contributed by atoms with E-state index in [1.807, 2.05) is 0 Å². The van der Waals surface area contributed by atoms with Crippen LogP contribution in [0.5, 0.6) is 11.5 Å². The van der Waals surface area contributed by atoms with E-state index in [0.717, 1.165) is 0 Å². The topological polar surface area (TPSA) is 99.9 Å². The van der Waals surface area contributed by atoms with Crippen LogP contribution in [0, 0.1) is 12.7 Å². The van der Waals surface area contributed by atoms with Crippen molar-refractivity contribution in [2.24, 2.45) is 0 Å². The van der Waals surface area contributed by atoms with Gasteiger partial charge in [0.1, 0.15) is 23.9 Å². The van der Waals surface area contributed by atoms with Crippen LogP contribution in [0.15, 0.2) is 53.1 Å². The Kier molecular flexibility index (Phi) is 6.63. The molecule has 0 spiro atoms. The van der Waals surface area contributed by atoms with E-state index in [1.165, 1.54) is 49.6 Å². The van der Waals surface area contributed by atoms with Gasteiger partial charge in [-0.05, 0) is 49.4 Å². The summed E-state index contributed by atoms with van der Waals surface area (Å²) in [6.45, 7) is 1.41. The summed E-state index contributed by atoms with van der Waals surface area (Å²) in [6, 6.07) is 11.5. The second-order valence-electron chi connectivity index (χ2n) is 6.21. The molecule has 3 aromatic rings. The lowest BCUT2D eigenvalue weighted by Crippen LogP contribution is -2.20. The quantitative estimate of drug-likeness (QED) is 0.563. The van der Waals surface area contributed by atoms with Gasteiger partial charge in [0.15, 0.2) is 18.1 Å². The van der Waals surface area contributed by atoms with Crippen molar-refractivity contribution in [3.05, 3.63) is 71.4 Å². The normalized spacial score (nSPS) is 10.4. The molecule has 0 saturated heterocycles. The summed E-state index contributed by atoms with van der Waals surface area (Å²) in [5.74, 6) is -0.257. The Morgan fingerprint density at radius 1 is 1.10 bits per heavy atom. The second-order valence-corrected chi connectivity index (χ2v) is 6.21. The molecule has 0 atom stereocenters. The number of esters is 1. The monoisotopic (exact) mass is 414 g/mol. The fourth-order valence-electron chi connectivity index (χ4n) is 2.50.